The van der Waals surface area contributed by atoms with Gasteiger partial charge in [-0.15, -0.1) is 0 Å². The predicted octanol–water partition coefficient (Wildman–Crippen LogP) is 2.13. The second-order valence-electron chi connectivity index (χ2n) is 2.49. The molecular formula is C9H8BrNO2. The molecule has 0 heterocycles. The van der Waals surface area contributed by atoms with Crippen LogP contribution in [0, 0.1) is 0 Å². The second kappa shape index (κ2) is 4.09. The molecule has 0 saturated carbocycles. The lowest BCUT2D eigenvalue weighted by Crippen LogP contribution is -1.88. The molecule has 68 valence electrons. The third-order valence-electron chi connectivity index (χ3n) is 1.36. The molecule has 0 atom stereocenters. The summed E-state index contributed by atoms with van der Waals surface area (Å²) in [6.45, 7) is 0. The number of anilines is 1. The molecule has 0 amide bonds. The van der Waals surface area contributed by atoms with Crippen molar-refractivity contribution in [2.75, 3.05) is 5.73 Å². The maximum atomic E-state index is 10.2. The van der Waals surface area contributed by atoms with E-state index < -0.39 is 5.97 Å². The summed E-state index contributed by atoms with van der Waals surface area (Å²) >= 11 is 3.26. The van der Waals surface area contributed by atoms with E-state index in [1.165, 1.54) is 6.08 Å². The van der Waals surface area contributed by atoms with Crippen molar-refractivity contribution in [3.63, 3.8) is 0 Å². The van der Waals surface area contributed by atoms with E-state index in [0.29, 0.717) is 5.69 Å². The number of benzene rings is 1. The Bertz CT molecular complexity index is 340. The smallest absolute Gasteiger partial charge is 0.328 e. The fraction of sp³-hybridized carbons (Fsp3) is 0. The van der Waals surface area contributed by atoms with Crippen LogP contribution in [0.25, 0.3) is 6.08 Å². The number of nitrogens with two attached hydrogens (primary N) is 1. The normalized spacial score (nSPS) is 10.5. The topological polar surface area (TPSA) is 63.3 Å². The van der Waals surface area contributed by atoms with Gasteiger partial charge in [0.05, 0.1) is 0 Å². The molecule has 1 aromatic rings. The molecule has 0 aliphatic heterocycles. The fourth-order valence-electron chi connectivity index (χ4n) is 0.900. The Kier molecular flexibility index (Phi) is 3.08. The molecule has 0 spiro atoms. The highest BCUT2D eigenvalue weighted by atomic mass is 79.9. The van der Waals surface area contributed by atoms with E-state index in [9.17, 15) is 4.79 Å². The molecule has 0 aliphatic rings. The van der Waals surface area contributed by atoms with Gasteiger partial charge in [-0.2, -0.15) is 0 Å². The maximum Gasteiger partial charge on any atom is 0.328 e. The number of hydrogen-bond acceptors (Lipinski definition) is 2. The molecule has 0 fully saturated rings. The average Bonchev–Trinajstić information content (AvgIpc) is 1.99. The number of rotatable bonds is 2. The molecule has 4 heteroatoms. The number of carboxylic acids is 1. The molecule has 3 nitrogen and oxygen atoms in total. The molecule has 1 rings (SSSR count). The van der Waals surface area contributed by atoms with Crippen molar-refractivity contribution in [3.05, 3.63) is 34.3 Å². The lowest BCUT2D eigenvalue weighted by atomic mass is 10.2. The van der Waals surface area contributed by atoms with Crippen molar-refractivity contribution < 1.29 is 9.90 Å². The third-order valence-corrected chi connectivity index (χ3v) is 1.82. The summed E-state index contributed by atoms with van der Waals surface area (Å²) in [5.41, 5.74) is 6.91. The van der Waals surface area contributed by atoms with Crippen LogP contribution in [0.4, 0.5) is 5.69 Å². The molecule has 1 aromatic carbocycles. The zero-order chi connectivity index (χ0) is 9.84. The van der Waals surface area contributed by atoms with Gasteiger partial charge < -0.3 is 10.8 Å². The van der Waals surface area contributed by atoms with E-state index in [0.717, 1.165) is 16.1 Å². The van der Waals surface area contributed by atoms with Gasteiger partial charge in [-0.3, -0.25) is 0 Å². The summed E-state index contributed by atoms with van der Waals surface area (Å²) in [6.07, 6.45) is 2.56. The Morgan fingerprint density at radius 1 is 1.46 bits per heavy atom. The first kappa shape index (κ1) is 9.80. The first-order valence-electron chi connectivity index (χ1n) is 3.55. The number of halogens is 1. The van der Waals surface area contributed by atoms with Crippen molar-refractivity contribution >= 4 is 33.7 Å². The number of nitrogen functional groups attached to an aromatic ring is 1. The van der Waals surface area contributed by atoms with Gasteiger partial charge in [0.25, 0.3) is 0 Å². The second-order valence-corrected chi connectivity index (χ2v) is 3.41. The number of carbonyl (C=O) groups is 1. The van der Waals surface area contributed by atoms with Crippen molar-refractivity contribution in [1.82, 2.24) is 0 Å². The van der Waals surface area contributed by atoms with Crippen molar-refractivity contribution in [1.29, 1.82) is 0 Å². The van der Waals surface area contributed by atoms with E-state index in [1.54, 1.807) is 18.2 Å². The summed E-state index contributed by atoms with van der Waals surface area (Å²) in [5, 5.41) is 8.38. The van der Waals surface area contributed by atoms with Crippen LogP contribution in [0.15, 0.2) is 28.7 Å². The van der Waals surface area contributed by atoms with E-state index in [2.05, 4.69) is 15.9 Å². The largest absolute Gasteiger partial charge is 0.478 e. The molecule has 0 radical (unpaired) electrons. The molecule has 0 aromatic heterocycles. The Hall–Kier alpha value is -1.29. The van der Waals surface area contributed by atoms with E-state index in [-0.39, 0.29) is 0 Å². The van der Waals surface area contributed by atoms with Crippen LogP contribution in [0.2, 0.25) is 0 Å². The Labute approximate surface area is 84.0 Å². The minimum atomic E-state index is -0.974. The first-order valence-corrected chi connectivity index (χ1v) is 4.34. The Morgan fingerprint density at radius 2 is 2.15 bits per heavy atom. The van der Waals surface area contributed by atoms with Crippen LogP contribution in [0.1, 0.15) is 5.56 Å². The molecule has 0 aliphatic carbocycles. The van der Waals surface area contributed by atoms with Crippen LogP contribution in [0.5, 0.6) is 0 Å². The molecule has 0 bridgehead atoms. The van der Waals surface area contributed by atoms with Gasteiger partial charge in [-0.1, -0.05) is 15.9 Å². The fourth-order valence-corrected chi connectivity index (χ4v) is 1.43. The summed E-state index contributed by atoms with van der Waals surface area (Å²) in [7, 11) is 0. The SMILES string of the molecule is Nc1cc(Br)cc(/C=C/C(=O)O)c1. The van der Waals surface area contributed by atoms with Crippen molar-refractivity contribution in [3.8, 4) is 0 Å². The van der Waals surface area contributed by atoms with E-state index in [1.807, 2.05) is 0 Å². The standard InChI is InChI=1S/C9H8BrNO2/c10-7-3-6(1-2-9(12)13)4-8(11)5-7/h1-5H,11H2,(H,12,13)/b2-1+. The van der Waals surface area contributed by atoms with Crippen molar-refractivity contribution in [2.45, 2.75) is 0 Å². The summed E-state index contributed by atoms with van der Waals surface area (Å²) < 4.78 is 0.831. The number of carboxylic acid groups (broad SMARTS) is 1. The van der Waals surface area contributed by atoms with Gasteiger partial charge in [-0.25, -0.2) is 4.79 Å². The average molecular weight is 242 g/mol. The summed E-state index contributed by atoms with van der Waals surface area (Å²) in [6, 6.07) is 5.23. The van der Waals surface area contributed by atoms with Gasteiger partial charge in [0, 0.05) is 16.2 Å². The Balaban J connectivity index is 2.95. The summed E-state index contributed by atoms with van der Waals surface area (Å²) in [4.78, 5) is 10.2. The quantitative estimate of drug-likeness (QED) is 0.616. The highest BCUT2D eigenvalue weighted by Gasteiger charge is 1.94. The predicted molar refractivity (Wildman–Crippen MR) is 55.2 cm³/mol. The van der Waals surface area contributed by atoms with Crippen molar-refractivity contribution in [2.24, 2.45) is 0 Å². The molecule has 13 heavy (non-hydrogen) atoms. The Morgan fingerprint density at radius 3 is 2.69 bits per heavy atom. The molecule has 0 unspecified atom stereocenters. The van der Waals surface area contributed by atoms with Crippen LogP contribution >= 0.6 is 15.9 Å². The first-order chi connectivity index (χ1) is 6.08. The zero-order valence-electron chi connectivity index (χ0n) is 6.70. The lowest BCUT2D eigenvalue weighted by Gasteiger charge is -1.97. The highest BCUT2D eigenvalue weighted by Crippen LogP contribution is 2.17. The third kappa shape index (κ3) is 3.29. The molecule has 3 N–H and O–H groups in total. The van der Waals surface area contributed by atoms with Crippen LogP contribution in [-0.4, -0.2) is 11.1 Å². The van der Waals surface area contributed by atoms with Gasteiger partial charge in [0.15, 0.2) is 0 Å². The van der Waals surface area contributed by atoms with Crippen LogP contribution in [-0.2, 0) is 4.79 Å². The molecular weight excluding hydrogens is 234 g/mol. The van der Waals surface area contributed by atoms with Gasteiger partial charge >= 0.3 is 5.97 Å². The van der Waals surface area contributed by atoms with Gasteiger partial charge in [-0.05, 0) is 29.8 Å². The summed E-state index contributed by atoms with van der Waals surface area (Å²) in [5.74, 6) is -0.974. The van der Waals surface area contributed by atoms with Crippen LogP contribution in [0.3, 0.4) is 0 Å². The van der Waals surface area contributed by atoms with Gasteiger partial charge in [0.1, 0.15) is 0 Å². The zero-order valence-corrected chi connectivity index (χ0v) is 8.28. The lowest BCUT2D eigenvalue weighted by molar-refractivity contribution is -0.131. The van der Waals surface area contributed by atoms with Crippen LogP contribution < -0.4 is 5.73 Å². The minimum Gasteiger partial charge on any atom is -0.478 e. The van der Waals surface area contributed by atoms with Gasteiger partial charge in [0.2, 0.25) is 0 Å². The highest BCUT2D eigenvalue weighted by molar-refractivity contribution is 9.10. The number of aliphatic carboxylic acids is 1. The monoisotopic (exact) mass is 241 g/mol. The minimum absolute atomic E-state index is 0.597. The maximum absolute atomic E-state index is 10.2. The van der Waals surface area contributed by atoms with E-state index >= 15 is 0 Å². The number of hydrogen-bond donors (Lipinski definition) is 2. The molecule has 0 saturated heterocycles. The van der Waals surface area contributed by atoms with E-state index in [4.69, 9.17) is 10.8 Å².